The highest BCUT2D eigenvalue weighted by atomic mass is 16.6. The minimum absolute atomic E-state index is 0.0771. The minimum atomic E-state index is -0.780. The van der Waals surface area contributed by atoms with Gasteiger partial charge in [0.1, 0.15) is 13.2 Å². The molecule has 0 spiro atoms. The first-order valence-electron chi connectivity index (χ1n) is 30.0. The van der Waals surface area contributed by atoms with Gasteiger partial charge in [-0.1, -0.05) is 269 Å². The zero-order chi connectivity index (χ0) is 49.3. The van der Waals surface area contributed by atoms with Crippen molar-refractivity contribution in [2.45, 2.75) is 329 Å². The topological polar surface area (TPSA) is 78.9 Å². The number of hydrogen-bond acceptors (Lipinski definition) is 6. The molecule has 0 amide bonds. The standard InChI is InChI=1S/C62H114O6/c1-4-7-10-13-16-19-22-25-26-27-28-29-30-31-32-33-34-35-36-38-40-43-46-49-52-55-61(64)67-58-59(57-66-60(63)54-51-48-45-42-39-24-21-18-15-12-9-6-3)68-62(65)56-53-50-47-44-41-37-23-20-17-14-11-8-5-2/h11,14,18,20-21,23,59H,4-10,12-13,15-17,19,22,24-58H2,1-3H3/b14-11-,21-18-,23-20-. The highest BCUT2D eigenvalue weighted by molar-refractivity contribution is 5.71. The van der Waals surface area contributed by atoms with Gasteiger partial charge in [-0.3, -0.25) is 14.4 Å². The number of allylic oxidation sites excluding steroid dienone is 6. The molecule has 0 aromatic carbocycles. The van der Waals surface area contributed by atoms with Gasteiger partial charge in [0.05, 0.1) is 0 Å². The van der Waals surface area contributed by atoms with Crippen LogP contribution in [0.3, 0.4) is 0 Å². The lowest BCUT2D eigenvalue weighted by Crippen LogP contribution is -2.30. The summed E-state index contributed by atoms with van der Waals surface area (Å²) in [6.45, 7) is 6.57. The highest BCUT2D eigenvalue weighted by Gasteiger charge is 2.19. The summed E-state index contributed by atoms with van der Waals surface area (Å²) in [4.78, 5) is 38.1. The molecule has 1 unspecified atom stereocenters. The van der Waals surface area contributed by atoms with Crippen LogP contribution in [-0.2, 0) is 28.6 Å². The Labute approximate surface area is 423 Å². The van der Waals surface area contributed by atoms with Crippen LogP contribution in [0.4, 0.5) is 0 Å². The average Bonchev–Trinajstić information content (AvgIpc) is 3.34. The Hall–Kier alpha value is -2.37. The van der Waals surface area contributed by atoms with E-state index in [0.29, 0.717) is 19.3 Å². The van der Waals surface area contributed by atoms with Crippen molar-refractivity contribution in [3.05, 3.63) is 36.5 Å². The quantitative estimate of drug-likeness (QED) is 0.0262. The number of unbranched alkanes of at least 4 members (excludes halogenated alkanes) is 38. The number of ether oxygens (including phenoxy) is 3. The number of carbonyl (C=O) groups excluding carboxylic acids is 3. The van der Waals surface area contributed by atoms with Crippen molar-refractivity contribution in [1.82, 2.24) is 0 Å². The molecule has 0 aromatic rings. The molecule has 0 saturated heterocycles. The van der Waals surface area contributed by atoms with Crippen molar-refractivity contribution >= 4 is 17.9 Å². The molecule has 0 aromatic heterocycles. The van der Waals surface area contributed by atoms with E-state index in [9.17, 15) is 14.4 Å². The molecule has 6 nitrogen and oxygen atoms in total. The smallest absolute Gasteiger partial charge is 0.306 e. The molecule has 1 atom stereocenters. The van der Waals surface area contributed by atoms with Crippen LogP contribution in [0.1, 0.15) is 323 Å². The number of carbonyl (C=O) groups is 3. The Morgan fingerprint density at radius 3 is 0.912 bits per heavy atom. The lowest BCUT2D eigenvalue weighted by Gasteiger charge is -2.18. The summed E-state index contributed by atoms with van der Waals surface area (Å²) in [5, 5.41) is 0. The second-order valence-corrected chi connectivity index (χ2v) is 20.3. The summed E-state index contributed by atoms with van der Waals surface area (Å²) in [5.41, 5.74) is 0. The maximum atomic E-state index is 12.8. The van der Waals surface area contributed by atoms with Crippen molar-refractivity contribution in [3.63, 3.8) is 0 Å². The fourth-order valence-corrected chi connectivity index (χ4v) is 8.83. The molecule has 0 aliphatic rings. The maximum Gasteiger partial charge on any atom is 0.306 e. The first-order chi connectivity index (χ1) is 33.5. The van der Waals surface area contributed by atoms with Gasteiger partial charge in [-0.2, -0.15) is 0 Å². The van der Waals surface area contributed by atoms with Crippen LogP contribution in [0.15, 0.2) is 36.5 Å². The molecule has 0 heterocycles. The summed E-state index contributed by atoms with van der Waals surface area (Å²) in [5.74, 6) is -0.885. The molecule has 0 rings (SSSR count). The van der Waals surface area contributed by atoms with E-state index in [1.54, 1.807) is 0 Å². The molecule has 0 radical (unpaired) electrons. The molecule has 6 heteroatoms. The second kappa shape index (κ2) is 57.2. The minimum Gasteiger partial charge on any atom is -0.462 e. The van der Waals surface area contributed by atoms with E-state index in [1.165, 1.54) is 186 Å². The Morgan fingerprint density at radius 2 is 0.559 bits per heavy atom. The molecular formula is C62H114O6. The van der Waals surface area contributed by atoms with Crippen LogP contribution in [0.25, 0.3) is 0 Å². The first-order valence-corrected chi connectivity index (χ1v) is 30.0. The summed E-state index contributed by atoms with van der Waals surface area (Å²) in [7, 11) is 0. The Kier molecular flexibility index (Phi) is 55.2. The molecule has 68 heavy (non-hydrogen) atoms. The van der Waals surface area contributed by atoms with Crippen LogP contribution in [0, 0.1) is 0 Å². The van der Waals surface area contributed by atoms with Crippen molar-refractivity contribution in [2.75, 3.05) is 13.2 Å². The molecule has 398 valence electrons. The third-order valence-corrected chi connectivity index (χ3v) is 13.3. The lowest BCUT2D eigenvalue weighted by molar-refractivity contribution is -0.167. The average molecular weight is 956 g/mol. The van der Waals surface area contributed by atoms with Gasteiger partial charge in [0.25, 0.3) is 0 Å². The largest absolute Gasteiger partial charge is 0.462 e. The third-order valence-electron chi connectivity index (χ3n) is 13.3. The van der Waals surface area contributed by atoms with Crippen molar-refractivity contribution in [1.29, 1.82) is 0 Å². The molecule has 0 aliphatic carbocycles. The molecular weight excluding hydrogens is 841 g/mol. The summed E-state index contributed by atoms with van der Waals surface area (Å²) in [6, 6.07) is 0. The zero-order valence-electron chi connectivity index (χ0n) is 45.6. The van der Waals surface area contributed by atoms with Gasteiger partial charge < -0.3 is 14.2 Å². The molecule has 0 saturated carbocycles. The van der Waals surface area contributed by atoms with Crippen LogP contribution in [0.2, 0.25) is 0 Å². The van der Waals surface area contributed by atoms with Crippen molar-refractivity contribution in [3.8, 4) is 0 Å². The fraction of sp³-hybridized carbons (Fsp3) is 0.855. The fourth-order valence-electron chi connectivity index (χ4n) is 8.83. The van der Waals surface area contributed by atoms with Gasteiger partial charge >= 0.3 is 17.9 Å². The van der Waals surface area contributed by atoms with Gasteiger partial charge in [0.2, 0.25) is 0 Å². The highest BCUT2D eigenvalue weighted by Crippen LogP contribution is 2.17. The monoisotopic (exact) mass is 955 g/mol. The summed E-state index contributed by atoms with van der Waals surface area (Å²) >= 11 is 0. The first kappa shape index (κ1) is 65.6. The predicted octanol–water partition coefficient (Wildman–Crippen LogP) is 20.0. The molecule has 0 fully saturated rings. The van der Waals surface area contributed by atoms with E-state index in [0.717, 1.165) is 96.3 Å². The second-order valence-electron chi connectivity index (χ2n) is 20.3. The van der Waals surface area contributed by atoms with Crippen LogP contribution >= 0.6 is 0 Å². The number of hydrogen-bond donors (Lipinski definition) is 0. The van der Waals surface area contributed by atoms with Crippen molar-refractivity contribution < 1.29 is 28.6 Å². The van der Waals surface area contributed by atoms with E-state index < -0.39 is 6.10 Å². The van der Waals surface area contributed by atoms with Gasteiger partial charge in [-0.25, -0.2) is 0 Å². The molecule has 0 N–H and O–H groups in total. The Balaban J connectivity index is 4.18. The zero-order valence-corrected chi connectivity index (χ0v) is 45.6. The van der Waals surface area contributed by atoms with Crippen LogP contribution in [0.5, 0.6) is 0 Å². The molecule has 0 bridgehead atoms. The van der Waals surface area contributed by atoms with E-state index in [2.05, 4.69) is 57.2 Å². The van der Waals surface area contributed by atoms with E-state index in [-0.39, 0.29) is 31.1 Å². The SMILES string of the molecule is CCC/C=C\C/C=C\CCCCCCCC(=O)OC(COC(=O)CCCCCCC/C=C\CCCCC)COC(=O)CCCCCCCCCCCCCCCCCCCCCCCCCCC. The normalized spacial score (nSPS) is 12.2. The van der Waals surface area contributed by atoms with Gasteiger partial charge in [0, 0.05) is 19.3 Å². The number of rotatable bonds is 55. The summed E-state index contributed by atoms with van der Waals surface area (Å²) < 4.78 is 16.8. The summed E-state index contributed by atoms with van der Waals surface area (Å²) in [6.07, 6.45) is 68.7. The Morgan fingerprint density at radius 1 is 0.294 bits per heavy atom. The third kappa shape index (κ3) is 54.6. The van der Waals surface area contributed by atoms with Crippen LogP contribution in [-0.4, -0.2) is 37.2 Å². The predicted molar refractivity (Wildman–Crippen MR) is 293 cm³/mol. The van der Waals surface area contributed by atoms with Gasteiger partial charge in [0.15, 0.2) is 6.10 Å². The maximum absolute atomic E-state index is 12.8. The lowest BCUT2D eigenvalue weighted by atomic mass is 10.0. The van der Waals surface area contributed by atoms with Gasteiger partial charge in [-0.05, 0) is 70.6 Å². The van der Waals surface area contributed by atoms with E-state index in [1.807, 2.05) is 0 Å². The Bertz CT molecular complexity index is 1140. The van der Waals surface area contributed by atoms with Crippen molar-refractivity contribution in [2.24, 2.45) is 0 Å². The number of esters is 3. The molecule has 0 aliphatic heterocycles. The van der Waals surface area contributed by atoms with Crippen LogP contribution < -0.4 is 0 Å². The van der Waals surface area contributed by atoms with Gasteiger partial charge in [-0.15, -0.1) is 0 Å². The van der Waals surface area contributed by atoms with E-state index >= 15 is 0 Å². The van der Waals surface area contributed by atoms with E-state index in [4.69, 9.17) is 14.2 Å².